The molecule has 2 aromatic rings. The number of nitrogens with one attached hydrogen (secondary N) is 1. The Hall–Kier alpha value is -1.98. The molecule has 1 N–H and O–H groups in total. The first-order valence-corrected chi connectivity index (χ1v) is 8.86. The molecule has 0 bridgehead atoms. The molecule has 1 saturated heterocycles. The van der Waals surface area contributed by atoms with Crippen LogP contribution in [0.4, 0.5) is 0 Å². The number of aryl methyl sites for hydroxylation is 1. The third-order valence-corrected chi connectivity index (χ3v) is 4.68. The summed E-state index contributed by atoms with van der Waals surface area (Å²) in [5.74, 6) is 1.52. The fourth-order valence-electron chi connectivity index (χ4n) is 2.91. The van der Waals surface area contributed by atoms with Crippen LogP contribution in [0.5, 0.6) is 5.75 Å². The number of hydrogen-bond acceptors (Lipinski definition) is 4. The highest BCUT2D eigenvalue weighted by atomic mass is 35.5. The Morgan fingerprint density at radius 2 is 2.08 bits per heavy atom. The Bertz CT molecular complexity index is 736. The molecule has 0 aliphatic carbocycles. The van der Waals surface area contributed by atoms with Gasteiger partial charge in [-0.3, -0.25) is 4.79 Å². The molecular weight excluding hydrogens is 340 g/mol. The molecule has 1 aliphatic rings. The van der Waals surface area contributed by atoms with Crippen LogP contribution in [0.3, 0.4) is 0 Å². The van der Waals surface area contributed by atoms with Crippen molar-refractivity contribution in [3.63, 3.8) is 0 Å². The van der Waals surface area contributed by atoms with Gasteiger partial charge in [0.2, 0.25) is 0 Å². The van der Waals surface area contributed by atoms with E-state index >= 15 is 0 Å². The van der Waals surface area contributed by atoms with Crippen LogP contribution in [0.1, 0.15) is 34.7 Å². The third-order valence-electron chi connectivity index (χ3n) is 4.45. The maximum absolute atomic E-state index is 12.3. The summed E-state index contributed by atoms with van der Waals surface area (Å²) < 4.78 is 11.4. The molecule has 1 fully saturated rings. The van der Waals surface area contributed by atoms with E-state index in [9.17, 15) is 4.79 Å². The van der Waals surface area contributed by atoms with Crippen LogP contribution in [-0.2, 0) is 6.61 Å². The van der Waals surface area contributed by atoms with Crippen molar-refractivity contribution >= 4 is 17.5 Å². The summed E-state index contributed by atoms with van der Waals surface area (Å²) in [6, 6.07) is 9.14. The normalized spacial score (nSPS) is 16.0. The van der Waals surface area contributed by atoms with Gasteiger partial charge in [-0.25, -0.2) is 0 Å². The molecule has 6 heteroatoms. The SMILES string of the molecule is Cc1cc(Cl)ccc1OCc1ccc(C(=O)NC2CCN(C)CC2)o1. The van der Waals surface area contributed by atoms with E-state index in [0.717, 1.165) is 37.2 Å². The van der Waals surface area contributed by atoms with Gasteiger partial charge in [0.1, 0.15) is 18.1 Å². The van der Waals surface area contributed by atoms with Crippen molar-refractivity contribution in [3.8, 4) is 5.75 Å². The first-order chi connectivity index (χ1) is 12.0. The lowest BCUT2D eigenvalue weighted by atomic mass is 10.1. The number of halogens is 1. The Labute approximate surface area is 152 Å². The van der Waals surface area contributed by atoms with Crippen LogP contribution in [-0.4, -0.2) is 37.0 Å². The van der Waals surface area contributed by atoms with Gasteiger partial charge >= 0.3 is 0 Å². The highest BCUT2D eigenvalue weighted by Gasteiger charge is 2.20. The van der Waals surface area contributed by atoms with E-state index in [4.69, 9.17) is 20.8 Å². The summed E-state index contributed by atoms with van der Waals surface area (Å²) in [4.78, 5) is 14.6. The summed E-state index contributed by atoms with van der Waals surface area (Å²) >= 11 is 5.94. The van der Waals surface area contributed by atoms with Gasteiger partial charge in [0.05, 0.1) is 0 Å². The zero-order valence-electron chi connectivity index (χ0n) is 14.5. The van der Waals surface area contributed by atoms with Crippen molar-refractivity contribution in [2.75, 3.05) is 20.1 Å². The van der Waals surface area contributed by atoms with Crippen LogP contribution in [0.15, 0.2) is 34.7 Å². The number of ether oxygens (including phenoxy) is 1. The van der Waals surface area contributed by atoms with Crippen LogP contribution < -0.4 is 10.1 Å². The fraction of sp³-hybridized carbons (Fsp3) is 0.421. The van der Waals surface area contributed by atoms with Crippen molar-refractivity contribution < 1.29 is 13.9 Å². The lowest BCUT2D eigenvalue weighted by Gasteiger charge is -2.29. The molecule has 1 amide bonds. The Morgan fingerprint density at radius 3 is 2.80 bits per heavy atom. The highest BCUT2D eigenvalue weighted by molar-refractivity contribution is 6.30. The minimum Gasteiger partial charge on any atom is -0.485 e. The second kappa shape index (κ2) is 7.93. The molecule has 1 aromatic heterocycles. The molecule has 134 valence electrons. The highest BCUT2D eigenvalue weighted by Crippen LogP contribution is 2.23. The van der Waals surface area contributed by atoms with E-state index in [1.807, 2.05) is 19.1 Å². The summed E-state index contributed by atoms with van der Waals surface area (Å²) in [5.41, 5.74) is 0.958. The van der Waals surface area contributed by atoms with E-state index in [2.05, 4.69) is 17.3 Å². The second-order valence-corrected chi connectivity index (χ2v) is 6.95. The van der Waals surface area contributed by atoms with Crippen molar-refractivity contribution in [1.29, 1.82) is 0 Å². The molecule has 1 aliphatic heterocycles. The quantitative estimate of drug-likeness (QED) is 0.882. The second-order valence-electron chi connectivity index (χ2n) is 6.52. The number of furan rings is 1. The molecular formula is C19H23ClN2O3. The molecule has 2 heterocycles. The number of piperidine rings is 1. The van der Waals surface area contributed by atoms with Gasteiger partial charge in [-0.15, -0.1) is 0 Å². The van der Waals surface area contributed by atoms with Gasteiger partial charge in [-0.1, -0.05) is 11.6 Å². The molecule has 0 radical (unpaired) electrons. The third kappa shape index (κ3) is 4.77. The lowest BCUT2D eigenvalue weighted by Crippen LogP contribution is -2.43. The van der Waals surface area contributed by atoms with Crippen LogP contribution in [0, 0.1) is 6.92 Å². The smallest absolute Gasteiger partial charge is 0.287 e. The maximum Gasteiger partial charge on any atom is 0.287 e. The lowest BCUT2D eigenvalue weighted by molar-refractivity contribution is 0.0884. The van der Waals surface area contributed by atoms with Gasteiger partial charge in [0.15, 0.2) is 5.76 Å². The average Bonchev–Trinajstić information content (AvgIpc) is 3.05. The minimum atomic E-state index is -0.163. The number of hydrogen-bond donors (Lipinski definition) is 1. The van der Waals surface area contributed by atoms with Gasteiger partial charge < -0.3 is 19.4 Å². The molecule has 3 rings (SSSR count). The predicted octanol–water partition coefficient (Wildman–Crippen LogP) is 3.64. The van der Waals surface area contributed by atoms with Crippen molar-refractivity contribution in [3.05, 3.63) is 52.4 Å². The number of benzene rings is 1. The van der Waals surface area contributed by atoms with Crippen LogP contribution in [0.25, 0.3) is 0 Å². The minimum absolute atomic E-state index is 0.163. The predicted molar refractivity (Wildman–Crippen MR) is 97.2 cm³/mol. The first-order valence-electron chi connectivity index (χ1n) is 8.48. The standard InChI is InChI=1S/C19H23ClN2O3/c1-13-11-14(20)3-5-17(13)24-12-16-4-6-18(25-16)19(23)21-15-7-9-22(2)10-8-15/h3-6,11,15H,7-10,12H2,1-2H3,(H,21,23). The van der Waals surface area contributed by atoms with Gasteiger partial charge in [-0.2, -0.15) is 0 Å². The number of carbonyl (C=O) groups is 1. The van der Waals surface area contributed by atoms with Gasteiger partial charge in [0, 0.05) is 11.1 Å². The Balaban J connectivity index is 1.54. The molecule has 0 spiro atoms. The van der Waals surface area contributed by atoms with E-state index in [1.54, 1.807) is 18.2 Å². The molecule has 0 atom stereocenters. The topological polar surface area (TPSA) is 54.7 Å². The van der Waals surface area contributed by atoms with Gasteiger partial charge in [0.25, 0.3) is 5.91 Å². The molecule has 25 heavy (non-hydrogen) atoms. The van der Waals surface area contributed by atoms with Crippen molar-refractivity contribution in [2.45, 2.75) is 32.4 Å². The summed E-state index contributed by atoms with van der Waals surface area (Å²) in [5, 5.41) is 3.72. The number of amides is 1. The van der Waals surface area contributed by atoms with E-state index in [1.165, 1.54) is 0 Å². The van der Waals surface area contributed by atoms with Crippen molar-refractivity contribution in [1.82, 2.24) is 10.2 Å². The fourth-order valence-corrected chi connectivity index (χ4v) is 3.14. The molecule has 1 aromatic carbocycles. The monoisotopic (exact) mass is 362 g/mol. The zero-order valence-corrected chi connectivity index (χ0v) is 15.3. The van der Waals surface area contributed by atoms with Crippen molar-refractivity contribution in [2.24, 2.45) is 0 Å². The Kier molecular flexibility index (Phi) is 5.66. The van der Waals surface area contributed by atoms with Crippen LogP contribution >= 0.6 is 11.6 Å². The molecule has 0 saturated carbocycles. The number of carbonyl (C=O) groups excluding carboxylic acids is 1. The first kappa shape index (κ1) is 17.8. The largest absolute Gasteiger partial charge is 0.485 e. The summed E-state index contributed by atoms with van der Waals surface area (Å²) in [6.07, 6.45) is 1.93. The van der Waals surface area contributed by atoms with E-state index in [-0.39, 0.29) is 18.6 Å². The van der Waals surface area contributed by atoms with E-state index < -0.39 is 0 Å². The summed E-state index contributed by atoms with van der Waals surface area (Å²) in [6.45, 7) is 4.21. The number of nitrogens with zero attached hydrogens (tertiary/aromatic N) is 1. The summed E-state index contributed by atoms with van der Waals surface area (Å²) in [7, 11) is 2.10. The number of rotatable bonds is 5. The van der Waals surface area contributed by atoms with E-state index in [0.29, 0.717) is 16.5 Å². The molecule has 0 unspecified atom stereocenters. The number of likely N-dealkylation sites (tertiary alicyclic amines) is 1. The van der Waals surface area contributed by atoms with Crippen LogP contribution in [0.2, 0.25) is 5.02 Å². The molecule has 5 nitrogen and oxygen atoms in total. The zero-order chi connectivity index (χ0) is 17.8. The maximum atomic E-state index is 12.3. The Morgan fingerprint density at radius 1 is 1.32 bits per heavy atom. The average molecular weight is 363 g/mol. The van der Waals surface area contributed by atoms with Gasteiger partial charge in [-0.05, 0) is 75.8 Å².